The second kappa shape index (κ2) is 10.0. The van der Waals surface area contributed by atoms with E-state index >= 15 is 0 Å². The zero-order valence-corrected chi connectivity index (χ0v) is 17.5. The number of rotatable bonds is 7. The summed E-state index contributed by atoms with van der Waals surface area (Å²) < 4.78 is 5.56. The summed E-state index contributed by atoms with van der Waals surface area (Å²) in [6.07, 6.45) is 6.12. The topological polar surface area (TPSA) is 46.6 Å². The molecule has 4 nitrogen and oxygen atoms in total. The van der Waals surface area contributed by atoms with Crippen molar-refractivity contribution in [2.24, 2.45) is 11.8 Å². The molecule has 0 bridgehead atoms. The van der Waals surface area contributed by atoms with E-state index in [1.165, 1.54) is 18.4 Å². The molecule has 0 spiro atoms. The average Bonchev–Trinajstić information content (AvgIpc) is 3.24. The van der Waals surface area contributed by atoms with E-state index in [0.717, 1.165) is 37.8 Å². The SMILES string of the molecule is O=C[C@H]1CN([C@@H]2CCCCC2CC(=O)OCc2ccccc2)C[C@@H]1c1ccccc1. The fourth-order valence-electron chi connectivity index (χ4n) is 5.24. The molecule has 1 aliphatic carbocycles. The van der Waals surface area contributed by atoms with Crippen LogP contribution < -0.4 is 0 Å². The summed E-state index contributed by atoms with van der Waals surface area (Å²) in [5.41, 5.74) is 2.26. The van der Waals surface area contributed by atoms with Crippen molar-refractivity contribution in [2.75, 3.05) is 13.1 Å². The number of aldehydes is 1. The van der Waals surface area contributed by atoms with Gasteiger partial charge in [-0.05, 0) is 29.9 Å². The van der Waals surface area contributed by atoms with Crippen LogP contribution in [0.1, 0.15) is 49.1 Å². The predicted molar refractivity (Wildman–Crippen MR) is 117 cm³/mol. The summed E-state index contributed by atoms with van der Waals surface area (Å²) in [5.74, 6) is 0.474. The lowest BCUT2D eigenvalue weighted by Crippen LogP contribution is -2.42. The van der Waals surface area contributed by atoms with Crippen LogP contribution in [-0.2, 0) is 20.9 Å². The van der Waals surface area contributed by atoms with Crippen LogP contribution in [0.3, 0.4) is 0 Å². The highest BCUT2D eigenvalue weighted by atomic mass is 16.5. The molecule has 0 N–H and O–H groups in total. The average molecular weight is 406 g/mol. The molecule has 1 aliphatic heterocycles. The van der Waals surface area contributed by atoms with E-state index in [0.29, 0.717) is 25.0 Å². The summed E-state index contributed by atoms with van der Waals surface area (Å²) in [7, 11) is 0. The third-order valence-corrected chi connectivity index (χ3v) is 6.81. The van der Waals surface area contributed by atoms with Crippen molar-refractivity contribution < 1.29 is 14.3 Å². The fourth-order valence-corrected chi connectivity index (χ4v) is 5.24. The Labute approximate surface area is 179 Å². The summed E-state index contributed by atoms with van der Waals surface area (Å²) >= 11 is 0. The van der Waals surface area contributed by atoms with Gasteiger partial charge in [-0.15, -0.1) is 0 Å². The molecule has 1 unspecified atom stereocenters. The van der Waals surface area contributed by atoms with E-state index in [1.54, 1.807) is 0 Å². The highest BCUT2D eigenvalue weighted by molar-refractivity contribution is 5.69. The molecule has 0 radical (unpaired) electrons. The molecule has 158 valence electrons. The summed E-state index contributed by atoms with van der Waals surface area (Å²) in [5, 5.41) is 0. The van der Waals surface area contributed by atoms with Gasteiger partial charge < -0.3 is 9.53 Å². The van der Waals surface area contributed by atoms with Gasteiger partial charge in [-0.1, -0.05) is 73.5 Å². The molecule has 0 amide bonds. The molecule has 0 aromatic heterocycles. The Morgan fingerprint density at radius 1 is 0.967 bits per heavy atom. The number of hydrogen-bond acceptors (Lipinski definition) is 4. The lowest BCUT2D eigenvalue weighted by Gasteiger charge is -2.37. The van der Waals surface area contributed by atoms with Crippen molar-refractivity contribution in [3.8, 4) is 0 Å². The Morgan fingerprint density at radius 2 is 1.67 bits per heavy atom. The standard InChI is InChI=1S/C26H31NO3/c28-18-23-16-27(17-24(23)21-11-5-2-6-12-21)25-14-8-7-13-22(25)15-26(29)30-19-20-9-3-1-4-10-20/h1-6,9-12,18,22-25H,7-8,13-17,19H2/t22?,23-,24-,25-/m1/s1. The van der Waals surface area contributed by atoms with E-state index in [1.807, 2.05) is 48.5 Å². The first-order valence-electron chi connectivity index (χ1n) is 11.2. The Bertz CT molecular complexity index is 823. The predicted octanol–water partition coefficient (Wildman–Crippen LogP) is 4.59. The fraction of sp³-hybridized carbons (Fsp3) is 0.462. The zero-order valence-electron chi connectivity index (χ0n) is 17.5. The van der Waals surface area contributed by atoms with Crippen molar-refractivity contribution in [1.82, 2.24) is 4.90 Å². The van der Waals surface area contributed by atoms with Gasteiger partial charge in [0, 0.05) is 37.4 Å². The molecule has 2 aliphatic rings. The van der Waals surface area contributed by atoms with E-state index in [4.69, 9.17) is 4.74 Å². The first-order valence-corrected chi connectivity index (χ1v) is 11.2. The monoisotopic (exact) mass is 405 g/mol. The highest BCUT2D eigenvalue weighted by Crippen LogP contribution is 2.38. The summed E-state index contributed by atoms with van der Waals surface area (Å²) in [4.78, 5) is 26.8. The van der Waals surface area contributed by atoms with Gasteiger partial charge in [-0.25, -0.2) is 0 Å². The molecule has 1 heterocycles. The number of carbonyl (C=O) groups is 2. The third-order valence-electron chi connectivity index (χ3n) is 6.81. The van der Waals surface area contributed by atoms with Gasteiger partial charge in [0.05, 0.1) is 0 Å². The van der Waals surface area contributed by atoms with Crippen LogP contribution in [0.5, 0.6) is 0 Å². The maximum Gasteiger partial charge on any atom is 0.306 e. The van der Waals surface area contributed by atoms with Crippen molar-refractivity contribution in [3.05, 3.63) is 71.8 Å². The largest absolute Gasteiger partial charge is 0.461 e. The van der Waals surface area contributed by atoms with Crippen LogP contribution in [0.25, 0.3) is 0 Å². The highest BCUT2D eigenvalue weighted by Gasteiger charge is 2.40. The minimum Gasteiger partial charge on any atom is -0.461 e. The van der Waals surface area contributed by atoms with Crippen LogP contribution in [-0.4, -0.2) is 36.3 Å². The van der Waals surface area contributed by atoms with E-state index < -0.39 is 0 Å². The minimum atomic E-state index is -0.110. The third kappa shape index (κ3) is 4.99. The molecule has 2 aromatic rings. The van der Waals surface area contributed by atoms with E-state index in [9.17, 15) is 9.59 Å². The van der Waals surface area contributed by atoms with Gasteiger partial charge in [-0.3, -0.25) is 9.69 Å². The quantitative estimate of drug-likeness (QED) is 0.499. The lowest BCUT2D eigenvalue weighted by atomic mass is 9.81. The smallest absolute Gasteiger partial charge is 0.306 e. The molecule has 1 saturated heterocycles. The van der Waals surface area contributed by atoms with Crippen molar-refractivity contribution in [2.45, 2.75) is 50.7 Å². The first-order chi connectivity index (χ1) is 14.7. The lowest BCUT2D eigenvalue weighted by molar-refractivity contribution is -0.147. The molecule has 1 saturated carbocycles. The van der Waals surface area contributed by atoms with Gasteiger partial charge in [0.2, 0.25) is 0 Å². The second-order valence-corrected chi connectivity index (χ2v) is 8.73. The van der Waals surface area contributed by atoms with Crippen LogP contribution in [0.4, 0.5) is 0 Å². The minimum absolute atomic E-state index is 0.0278. The number of esters is 1. The Kier molecular flexibility index (Phi) is 6.96. The first kappa shape index (κ1) is 20.8. The van der Waals surface area contributed by atoms with Gasteiger partial charge in [0.25, 0.3) is 0 Å². The van der Waals surface area contributed by atoms with E-state index in [-0.39, 0.29) is 17.8 Å². The summed E-state index contributed by atoms with van der Waals surface area (Å²) in [6, 6.07) is 20.6. The number of likely N-dealkylation sites (tertiary alicyclic amines) is 1. The van der Waals surface area contributed by atoms with Crippen molar-refractivity contribution >= 4 is 12.3 Å². The van der Waals surface area contributed by atoms with Crippen molar-refractivity contribution in [3.63, 3.8) is 0 Å². The normalized spacial score (nSPS) is 26.9. The number of hydrogen-bond donors (Lipinski definition) is 0. The number of ether oxygens (including phenoxy) is 1. The Hall–Kier alpha value is -2.46. The van der Waals surface area contributed by atoms with Crippen LogP contribution in [0, 0.1) is 11.8 Å². The molecule has 30 heavy (non-hydrogen) atoms. The van der Waals surface area contributed by atoms with Crippen LogP contribution in [0.2, 0.25) is 0 Å². The number of nitrogens with zero attached hydrogens (tertiary/aromatic N) is 1. The van der Waals surface area contributed by atoms with Crippen LogP contribution >= 0.6 is 0 Å². The molecule has 4 rings (SSSR count). The Balaban J connectivity index is 1.38. The molecular formula is C26H31NO3. The van der Waals surface area contributed by atoms with Crippen molar-refractivity contribution in [1.29, 1.82) is 0 Å². The second-order valence-electron chi connectivity index (χ2n) is 8.73. The van der Waals surface area contributed by atoms with Crippen LogP contribution in [0.15, 0.2) is 60.7 Å². The molecule has 4 heteroatoms. The van der Waals surface area contributed by atoms with E-state index in [2.05, 4.69) is 17.0 Å². The number of benzene rings is 2. The molecule has 4 atom stereocenters. The maximum atomic E-state index is 12.6. The molecule has 2 fully saturated rings. The Morgan fingerprint density at radius 3 is 2.40 bits per heavy atom. The summed E-state index contributed by atoms with van der Waals surface area (Å²) in [6.45, 7) is 2.03. The molecular weight excluding hydrogens is 374 g/mol. The van der Waals surface area contributed by atoms with Gasteiger partial charge >= 0.3 is 5.97 Å². The van der Waals surface area contributed by atoms with Gasteiger partial charge in [0.15, 0.2) is 0 Å². The molecule has 2 aromatic carbocycles. The van der Waals surface area contributed by atoms with Gasteiger partial charge in [0.1, 0.15) is 12.9 Å². The van der Waals surface area contributed by atoms with Gasteiger partial charge in [-0.2, -0.15) is 0 Å². The maximum absolute atomic E-state index is 12.6. The number of carbonyl (C=O) groups excluding carboxylic acids is 2. The zero-order chi connectivity index (χ0) is 20.8.